The minimum Gasteiger partial charge on any atom is -0.369 e. The van der Waals surface area contributed by atoms with Gasteiger partial charge in [0, 0.05) is 17.7 Å². The fourth-order valence-electron chi connectivity index (χ4n) is 3.79. The van der Waals surface area contributed by atoms with Gasteiger partial charge in [0.2, 0.25) is 5.91 Å². The Morgan fingerprint density at radius 1 is 1.23 bits per heavy atom. The summed E-state index contributed by atoms with van der Waals surface area (Å²) < 4.78 is 13.7. The zero-order valence-electron chi connectivity index (χ0n) is 18.2. The summed E-state index contributed by atoms with van der Waals surface area (Å²) in [5.74, 6) is -0.250. The fraction of sp³-hybridized carbons (Fsp3) is 0.375. The van der Waals surface area contributed by atoms with Gasteiger partial charge in [-0.05, 0) is 36.1 Å². The highest BCUT2D eigenvalue weighted by atomic mass is 19.1. The number of benzene rings is 2. The van der Waals surface area contributed by atoms with Crippen molar-refractivity contribution < 1.29 is 14.0 Å². The largest absolute Gasteiger partial charge is 0.369 e. The summed E-state index contributed by atoms with van der Waals surface area (Å²) in [6.07, 6.45) is 1.08. The summed E-state index contributed by atoms with van der Waals surface area (Å²) >= 11 is 0. The van der Waals surface area contributed by atoms with Crippen molar-refractivity contribution in [1.82, 2.24) is 10.2 Å². The molecule has 0 saturated heterocycles. The molecule has 1 atom stereocenters. The highest BCUT2D eigenvalue weighted by molar-refractivity contribution is 5.99. The Morgan fingerprint density at radius 3 is 2.48 bits per heavy atom. The van der Waals surface area contributed by atoms with Crippen molar-refractivity contribution in [2.24, 2.45) is 16.6 Å². The van der Waals surface area contributed by atoms with E-state index in [0.717, 1.165) is 12.0 Å². The number of halogens is 1. The standard InChI is InChI=1S/C24H29FN4O2/c1-4-24(16(2)3)13-21(30)29(23(26)28-24)15-17-9-11-18(12-10-17)22(31)27-14-19-7-5-6-8-20(19)25/h5-12,16H,4,13-15H2,1-3H3,(H2,26,28)(H,27,31)/t24-/m0/s1. The van der Waals surface area contributed by atoms with E-state index in [1.165, 1.54) is 11.0 Å². The quantitative estimate of drug-likeness (QED) is 0.712. The van der Waals surface area contributed by atoms with Gasteiger partial charge in [-0.1, -0.05) is 51.1 Å². The first kappa shape index (κ1) is 22.5. The number of aliphatic imine (C=N–C) groups is 1. The normalized spacial score (nSPS) is 18.8. The molecule has 0 aliphatic carbocycles. The maximum absolute atomic E-state index is 13.7. The van der Waals surface area contributed by atoms with E-state index >= 15 is 0 Å². The molecule has 31 heavy (non-hydrogen) atoms. The summed E-state index contributed by atoms with van der Waals surface area (Å²) in [5, 5.41) is 2.71. The number of hydrogen-bond acceptors (Lipinski definition) is 4. The molecule has 0 aromatic heterocycles. The molecule has 1 aliphatic rings. The molecular formula is C24H29FN4O2. The van der Waals surface area contributed by atoms with Crippen LogP contribution in [0.25, 0.3) is 0 Å². The molecule has 164 valence electrons. The van der Waals surface area contributed by atoms with E-state index in [1.807, 2.05) is 6.92 Å². The first-order valence-electron chi connectivity index (χ1n) is 10.5. The Morgan fingerprint density at radius 2 is 1.90 bits per heavy atom. The Bertz CT molecular complexity index is 987. The number of nitrogens with zero attached hydrogens (tertiary/aromatic N) is 2. The lowest BCUT2D eigenvalue weighted by Gasteiger charge is -2.39. The molecular weight excluding hydrogens is 395 g/mol. The van der Waals surface area contributed by atoms with Crippen LogP contribution in [0.2, 0.25) is 0 Å². The third-order valence-electron chi connectivity index (χ3n) is 6.01. The van der Waals surface area contributed by atoms with Gasteiger partial charge in [0.15, 0.2) is 5.96 Å². The molecule has 0 fully saturated rings. The highest BCUT2D eigenvalue weighted by Crippen LogP contribution is 2.33. The van der Waals surface area contributed by atoms with Crippen LogP contribution in [-0.4, -0.2) is 28.2 Å². The Kier molecular flexibility index (Phi) is 6.73. The molecule has 2 aromatic carbocycles. The van der Waals surface area contributed by atoms with E-state index in [2.05, 4.69) is 24.2 Å². The van der Waals surface area contributed by atoms with E-state index in [4.69, 9.17) is 5.73 Å². The van der Waals surface area contributed by atoms with Crippen LogP contribution in [0.4, 0.5) is 4.39 Å². The summed E-state index contributed by atoms with van der Waals surface area (Å²) in [6, 6.07) is 13.2. The van der Waals surface area contributed by atoms with Gasteiger partial charge in [0.25, 0.3) is 5.91 Å². The van der Waals surface area contributed by atoms with Crippen molar-refractivity contribution in [3.8, 4) is 0 Å². The SMILES string of the molecule is CC[C@@]1(C(C)C)CC(=O)N(Cc2ccc(C(=O)NCc3ccccc3F)cc2)C(N)=N1. The zero-order chi connectivity index (χ0) is 22.6. The average molecular weight is 425 g/mol. The second kappa shape index (κ2) is 9.29. The molecule has 0 unspecified atom stereocenters. The molecule has 6 nitrogen and oxygen atoms in total. The molecule has 7 heteroatoms. The molecule has 2 aromatic rings. The zero-order valence-corrected chi connectivity index (χ0v) is 18.2. The molecule has 3 N–H and O–H groups in total. The van der Waals surface area contributed by atoms with E-state index in [0.29, 0.717) is 24.1 Å². The van der Waals surface area contributed by atoms with E-state index in [-0.39, 0.29) is 36.1 Å². The highest BCUT2D eigenvalue weighted by Gasteiger charge is 2.40. The number of nitrogens with one attached hydrogen (secondary N) is 1. The first-order valence-corrected chi connectivity index (χ1v) is 10.5. The van der Waals surface area contributed by atoms with Crippen LogP contribution in [0.1, 0.15) is 55.1 Å². The second-order valence-corrected chi connectivity index (χ2v) is 8.21. The molecule has 0 bridgehead atoms. The number of carbonyl (C=O) groups is 2. The smallest absolute Gasteiger partial charge is 0.251 e. The van der Waals surface area contributed by atoms with Crippen molar-refractivity contribution in [2.45, 2.75) is 52.2 Å². The van der Waals surface area contributed by atoms with Gasteiger partial charge in [-0.15, -0.1) is 0 Å². The number of hydrogen-bond donors (Lipinski definition) is 2. The van der Waals surface area contributed by atoms with Crippen LogP contribution < -0.4 is 11.1 Å². The van der Waals surface area contributed by atoms with Crippen molar-refractivity contribution in [3.63, 3.8) is 0 Å². The topological polar surface area (TPSA) is 87.8 Å². The lowest BCUT2D eigenvalue weighted by molar-refractivity contribution is -0.130. The minimum absolute atomic E-state index is 0.0465. The summed E-state index contributed by atoms with van der Waals surface area (Å²) in [4.78, 5) is 31.3. The van der Waals surface area contributed by atoms with Gasteiger partial charge in [0.1, 0.15) is 5.82 Å². The van der Waals surface area contributed by atoms with Gasteiger partial charge in [0.05, 0.1) is 18.5 Å². The van der Waals surface area contributed by atoms with E-state index in [9.17, 15) is 14.0 Å². The Balaban J connectivity index is 1.65. The molecule has 0 saturated carbocycles. The van der Waals surface area contributed by atoms with E-state index in [1.54, 1.807) is 42.5 Å². The average Bonchev–Trinajstić information content (AvgIpc) is 2.75. The third-order valence-corrected chi connectivity index (χ3v) is 6.01. The van der Waals surface area contributed by atoms with Crippen molar-refractivity contribution in [2.75, 3.05) is 0 Å². The maximum Gasteiger partial charge on any atom is 0.251 e. The predicted octanol–water partition coefficient (Wildman–Crippen LogP) is 3.61. The van der Waals surface area contributed by atoms with Gasteiger partial charge < -0.3 is 11.1 Å². The molecule has 0 radical (unpaired) electrons. The lowest BCUT2D eigenvalue weighted by Crippen LogP contribution is -2.52. The van der Waals surface area contributed by atoms with Crippen LogP contribution >= 0.6 is 0 Å². The first-order chi connectivity index (χ1) is 14.8. The monoisotopic (exact) mass is 424 g/mol. The van der Waals surface area contributed by atoms with Crippen LogP contribution in [0.5, 0.6) is 0 Å². The minimum atomic E-state index is -0.447. The fourth-order valence-corrected chi connectivity index (χ4v) is 3.79. The number of nitrogens with two attached hydrogens (primary N) is 1. The van der Waals surface area contributed by atoms with Crippen molar-refractivity contribution >= 4 is 17.8 Å². The molecule has 1 heterocycles. The van der Waals surface area contributed by atoms with Gasteiger partial charge in [-0.25, -0.2) is 9.38 Å². The van der Waals surface area contributed by atoms with Crippen molar-refractivity contribution in [3.05, 3.63) is 71.0 Å². The predicted molar refractivity (Wildman–Crippen MR) is 119 cm³/mol. The van der Waals surface area contributed by atoms with E-state index < -0.39 is 5.54 Å². The molecule has 2 amide bonds. The Labute approximate surface area is 182 Å². The summed E-state index contributed by atoms with van der Waals surface area (Å²) in [5.41, 5.74) is 7.43. The molecule has 0 spiro atoms. The lowest BCUT2D eigenvalue weighted by atomic mass is 9.80. The van der Waals surface area contributed by atoms with Gasteiger partial charge in [-0.2, -0.15) is 0 Å². The maximum atomic E-state index is 13.7. The van der Waals surface area contributed by atoms with Gasteiger partial charge >= 0.3 is 0 Å². The van der Waals surface area contributed by atoms with Crippen LogP contribution in [0, 0.1) is 11.7 Å². The number of guanidine groups is 1. The van der Waals surface area contributed by atoms with Crippen LogP contribution in [0.3, 0.4) is 0 Å². The number of rotatable bonds is 7. The Hall–Kier alpha value is -3.22. The summed E-state index contributed by atoms with van der Waals surface area (Å²) in [7, 11) is 0. The molecule has 1 aliphatic heterocycles. The summed E-state index contributed by atoms with van der Waals surface area (Å²) in [6.45, 7) is 6.54. The van der Waals surface area contributed by atoms with Crippen molar-refractivity contribution in [1.29, 1.82) is 0 Å². The molecule has 3 rings (SSSR count). The third kappa shape index (κ3) is 4.93. The van der Waals surface area contributed by atoms with Crippen LogP contribution in [0.15, 0.2) is 53.5 Å². The van der Waals surface area contributed by atoms with Crippen LogP contribution in [-0.2, 0) is 17.9 Å². The second-order valence-electron chi connectivity index (χ2n) is 8.21. The number of carbonyl (C=O) groups excluding carboxylic acids is 2. The van der Waals surface area contributed by atoms with Gasteiger partial charge in [-0.3, -0.25) is 14.5 Å². The number of amides is 2.